The molecule has 0 fully saturated rings. The number of ether oxygens (including phenoxy) is 1. The van der Waals surface area contributed by atoms with Gasteiger partial charge in [0.05, 0.1) is 16.7 Å². The first kappa shape index (κ1) is 19.8. The molecule has 5 nitrogen and oxygen atoms in total. The van der Waals surface area contributed by atoms with Crippen LogP contribution in [0.1, 0.15) is 13.8 Å². The highest BCUT2D eigenvalue weighted by Gasteiger charge is 2.28. The van der Waals surface area contributed by atoms with Crippen molar-refractivity contribution in [2.75, 3.05) is 10.8 Å². The number of rotatable bonds is 6. The van der Waals surface area contributed by atoms with E-state index in [0.29, 0.717) is 10.7 Å². The summed E-state index contributed by atoms with van der Waals surface area (Å²) in [5.74, 6) is -0.629. The number of anilines is 1. The van der Waals surface area contributed by atoms with E-state index in [0.717, 1.165) is 8.78 Å². The van der Waals surface area contributed by atoms with Crippen LogP contribution in [0.2, 0.25) is 5.02 Å². The number of carbonyl (C=O) groups is 1. The minimum atomic E-state index is -3.96. The molecule has 134 valence electrons. The number of nitrogens with zero attached hydrogens (tertiary/aromatic N) is 1. The second-order valence-corrected chi connectivity index (χ2v) is 8.70. The van der Waals surface area contributed by atoms with Crippen molar-refractivity contribution in [2.24, 2.45) is 0 Å². The molecular weight excluding hydrogens is 430 g/mol. The van der Waals surface area contributed by atoms with Crippen LogP contribution < -0.4 is 4.31 Å². The summed E-state index contributed by atoms with van der Waals surface area (Å²) >= 11 is 9.14. The van der Waals surface area contributed by atoms with Crippen LogP contribution in [-0.2, 0) is 19.6 Å². The summed E-state index contributed by atoms with van der Waals surface area (Å²) in [7, 11) is -3.96. The predicted octanol–water partition coefficient (Wildman–Crippen LogP) is 4.25. The third-order valence-electron chi connectivity index (χ3n) is 3.16. The Hall–Kier alpha value is -1.57. The zero-order valence-corrected chi connectivity index (χ0v) is 16.8. The van der Waals surface area contributed by atoms with Gasteiger partial charge in [-0.2, -0.15) is 0 Å². The Bertz CT molecular complexity index is 836. The Morgan fingerprint density at radius 1 is 1.12 bits per heavy atom. The maximum atomic E-state index is 13.0. The third-order valence-corrected chi connectivity index (χ3v) is 5.72. The second-order valence-electron chi connectivity index (χ2n) is 5.48. The molecule has 0 aromatic heterocycles. The Kier molecular flexibility index (Phi) is 6.48. The van der Waals surface area contributed by atoms with Gasteiger partial charge in [0.1, 0.15) is 6.54 Å². The van der Waals surface area contributed by atoms with E-state index >= 15 is 0 Å². The first-order chi connectivity index (χ1) is 11.7. The summed E-state index contributed by atoms with van der Waals surface area (Å²) in [4.78, 5) is 12.1. The van der Waals surface area contributed by atoms with Crippen LogP contribution in [0.15, 0.2) is 57.9 Å². The van der Waals surface area contributed by atoms with E-state index in [2.05, 4.69) is 15.9 Å². The molecule has 0 aliphatic carbocycles. The Morgan fingerprint density at radius 3 is 2.20 bits per heavy atom. The number of halogens is 2. The molecule has 0 radical (unpaired) electrons. The van der Waals surface area contributed by atoms with Crippen molar-refractivity contribution in [2.45, 2.75) is 24.8 Å². The minimum absolute atomic E-state index is 0.0390. The predicted molar refractivity (Wildman–Crippen MR) is 101 cm³/mol. The topological polar surface area (TPSA) is 63.7 Å². The Morgan fingerprint density at radius 2 is 1.68 bits per heavy atom. The molecule has 2 rings (SSSR count). The lowest BCUT2D eigenvalue weighted by Crippen LogP contribution is -2.37. The largest absolute Gasteiger partial charge is 0.462 e. The fraction of sp³-hybridized carbons (Fsp3) is 0.235. The van der Waals surface area contributed by atoms with E-state index in [9.17, 15) is 13.2 Å². The smallest absolute Gasteiger partial charge is 0.327 e. The maximum Gasteiger partial charge on any atom is 0.327 e. The van der Waals surface area contributed by atoms with Crippen molar-refractivity contribution in [3.05, 3.63) is 58.0 Å². The molecule has 0 atom stereocenters. The molecule has 0 amide bonds. The summed E-state index contributed by atoms with van der Waals surface area (Å²) in [6.45, 7) is 2.98. The first-order valence-corrected chi connectivity index (χ1v) is 10.0. The molecule has 0 unspecified atom stereocenters. The zero-order chi connectivity index (χ0) is 18.6. The van der Waals surface area contributed by atoms with Gasteiger partial charge in [-0.3, -0.25) is 9.10 Å². The van der Waals surface area contributed by atoms with Gasteiger partial charge in [0.2, 0.25) is 0 Å². The number of sulfonamides is 1. The molecular formula is C17H17BrClNO4S. The molecule has 0 saturated carbocycles. The average Bonchev–Trinajstić information content (AvgIpc) is 2.53. The van der Waals surface area contributed by atoms with Crippen LogP contribution in [0.3, 0.4) is 0 Å². The van der Waals surface area contributed by atoms with Gasteiger partial charge < -0.3 is 4.74 Å². The number of carbonyl (C=O) groups excluding carboxylic acids is 1. The maximum absolute atomic E-state index is 13.0. The molecule has 2 aromatic carbocycles. The van der Waals surface area contributed by atoms with E-state index in [4.69, 9.17) is 16.3 Å². The summed E-state index contributed by atoms with van der Waals surface area (Å²) in [6, 6.07) is 12.4. The summed E-state index contributed by atoms with van der Waals surface area (Å²) in [5.41, 5.74) is 0.360. The van der Waals surface area contributed by atoms with Crippen LogP contribution in [-0.4, -0.2) is 27.0 Å². The first-order valence-electron chi connectivity index (χ1n) is 7.43. The number of hydrogen-bond donors (Lipinski definition) is 0. The Balaban J connectivity index is 2.44. The fourth-order valence-corrected chi connectivity index (χ4v) is 3.87. The van der Waals surface area contributed by atoms with E-state index in [1.54, 1.807) is 38.1 Å². The molecule has 25 heavy (non-hydrogen) atoms. The van der Waals surface area contributed by atoms with Crippen LogP contribution in [0.5, 0.6) is 0 Å². The SMILES string of the molecule is CC(C)OC(=O)CN(c1ccc(Br)cc1)S(=O)(=O)c1ccc(Cl)cc1. The summed E-state index contributed by atoms with van der Waals surface area (Å²) in [6.07, 6.45) is -0.336. The number of benzene rings is 2. The molecule has 0 aliphatic heterocycles. The minimum Gasteiger partial charge on any atom is -0.462 e. The van der Waals surface area contributed by atoms with Crippen molar-refractivity contribution >= 4 is 49.2 Å². The lowest BCUT2D eigenvalue weighted by atomic mass is 10.3. The molecule has 0 aliphatic rings. The van der Waals surface area contributed by atoms with E-state index in [1.807, 2.05) is 0 Å². The standard InChI is InChI=1S/C17H17BrClNO4S/c1-12(2)24-17(21)11-20(15-7-3-13(18)4-8-15)25(22,23)16-9-5-14(19)6-10-16/h3-10,12H,11H2,1-2H3. The van der Waals surface area contributed by atoms with Crippen molar-refractivity contribution < 1.29 is 17.9 Å². The van der Waals surface area contributed by atoms with E-state index < -0.39 is 22.5 Å². The lowest BCUT2D eigenvalue weighted by molar-refractivity contribution is -0.145. The van der Waals surface area contributed by atoms with Crippen molar-refractivity contribution in [1.29, 1.82) is 0 Å². The van der Waals surface area contributed by atoms with E-state index in [-0.39, 0.29) is 11.0 Å². The van der Waals surface area contributed by atoms with Crippen molar-refractivity contribution in [1.82, 2.24) is 0 Å². The van der Waals surface area contributed by atoms with Crippen LogP contribution in [0.4, 0.5) is 5.69 Å². The van der Waals surface area contributed by atoms with Gasteiger partial charge in [0, 0.05) is 9.50 Å². The van der Waals surface area contributed by atoms with E-state index in [1.165, 1.54) is 24.3 Å². The third kappa shape index (κ3) is 5.20. The molecule has 0 spiro atoms. The second kappa shape index (κ2) is 8.21. The molecule has 8 heteroatoms. The highest BCUT2D eigenvalue weighted by Crippen LogP contribution is 2.26. The monoisotopic (exact) mass is 445 g/mol. The quantitative estimate of drug-likeness (QED) is 0.622. The molecule has 0 bridgehead atoms. The highest BCUT2D eigenvalue weighted by atomic mass is 79.9. The van der Waals surface area contributed by atoms with Crippen molar-refractivity contribution in [3.63, 3.8) is 0 Å². The van der Waals surface area contributed by atoms with Gasteiger partial charge in [0.15, 0.2) is 0 Å². The van der Waals surface area contributed by atoms with Crippen LogP contribution in [0, 0.1) is 0 Å². The normalized spacial score (nSPS) is 11.4. The van der Waals surface area contributed by atoms with Gasteiger partial charge in [-0.1, -0.05) is 27.5 Å². The van der Waals surface area contributed by atoms with Gasteiger partial charge in [-0.25, -0.2) is 8.42 Å². The summed E-state index contributed by atoms with van der Waals surface area (Å²) in [5, 5.41) is 0.424. The molecule has 0 N–H and O–H groups in total. The van der Waals surface area contributed by atoms with Crippen LogP contribution in [0.25, 0.3) is 0 Å². The molecule has 0 heterocycles. The lowest BCUT2D eigenvalue weighted by Gasteiger charge is -2.24. The molecule has 0 saturated heterocycles. The van der Waals surface area contributed by atoms with Gasteiger partial charge in [0.25, 0.3) is 10.0 Å². The van der Waals surface area contributed by atoms with Gasteiger partial charge in [-0.15, -0.1) is 0 Å². The van der Waals surface area contributed by atoms with Crippen LogP contribution >= 0.6 is 27.5 Å². The average molecular weight is 447 g/mol. The zero-order valence-electron chi connectivity index (χ0n) is 13.6. The fourth-order valence-electron chi connectivity index (χ4n) is 2.07. The van der Waals surface area contributed by atoms with Gasteiger partial charge >= 0.3 is 5.97 Å². The van der Waals surface area contributed by atoms with Gasteiger partial charge in [-0.05, 0) is 62.4 Å². The molecule has 2 aromatic rings. The Labute approximate surface area is 160 Å². The highest BCUT2D eigenvalue weighted by molar-refractivity contribution is 9.10. The number of esters is 1. The van der Waals surface area contributed by atoms with Crippen molar-refractivity contribution in [3.8, 4) is 0 Å². The number of hydrogen-bond acceptors (Lipinski definition) is 4. The summed E-state index contributed by atoms with van der Waals surface area (Å²) < 4.78 is 32.9.